The summed E-state index contributed by atoms with van der Waals surface area (Å²) in [6, 6.07) is 7.97. The number of ether oxygens (including phenoxy) is 2. The molecule has 0 amide bonds. The summed E-state index contributed by atoms with van der Waals surface area (Å²) in [7, 11) is 1.69. The topological polar surface area (TPSA) is 18.5 Å². The molecule has 0 aromatic heterocycles. The fourth-order valence-electron chi connectivity index (χ4n) is 1.32. The van der Waals surface area contributed by atoms with E-state index >= 15 is 0 Å². The van der Waals surface area contributed by atoms with Gasteiger partial charge in [0.25, 0.3) is 0 Å². The highest BCUT2D eigenvalue weighted by Gasteiger charge is 2.01. The molecular formula is C13H20O2. The Balaban J connectivity index is 2.36. The largest absolute Gasteiger partial charge is 0.496 e. The smallest absolute Gasteiger partial charge is 0.124 e. The number of hydrogen-bond acceptors (Lipinski definition) is 2. The molecule has 0 aliphatic carbocycles. The summed E-state index contributed by atoms with van der Waals surface area (Å²) in [6.45, 7) is 5.85. The van der Waals surface area contributed by atoms with Gasteiger partial charge in [0.1, 0.15) is 5.75 Å². The first-order valence-corrected chi connectivity index (χ1v) is 5.43. The molecule has 0 saturated heterocycles. The number of hydrogen-bond donors (Lipinski definition) is 0. The molecule has 0 bridgehead atoms. The molecule has 84 valence electrons. The van der Waals surface area contributed by atoms with Crippen molar-refractivity contribution in [2.75, 3.05) is 13.7 Å². The molecule has 1 aromatic carbocycles. The van der Waals surface area contributed by atoms with Gasteiger partial charge in [-0.1, -0.05) is 32.0 Å². The third-order valence-corrected chi connectivity index (χ3v) is 2.29. The Bertz CT molecular complexity index is 282. The standard InChI is InChI=1S/C13H20O2/c1-11(2)8-9-15-10-12-6-4-5-7-13(12)14-3/h4-7,11H,8-10H2,1-3H3. The van der Waals surface area contributed by atoms with E-state index in [1.807, 2.05) is 24.3 Å². The van der Waals surface area contributed by atoms with E-state index in [2.05, 4.69) is 13.8 Å². The fraction of sp³-hybridized carbons (Fsp3) is 0.538. The van der Waals surface area contributed by atoms with E-state index in [0.29, 0.717) is 12.5 Å². The van der Waals surface area contributed by atoms with Gasteiger partial charge < -0.3 is 9.47 Å². The van der Waals surface area contributed by atoms with Crippen LogP contribution in [0.1, 0.15) is 25.8 Å². The molecule has 0 saturated carbocycles. The van der Waals surface area contributed by atoms with E-state index < -0.39 is 0 Å². The van der Waals surface area contributed by atoms with Gasteiger partial charge in [-0.05, 0) is 18.4 Å². The number of methoxy groups -OCH3 is 1. The summed E-state index contributed by atoms with van der Waals surface area (Å²) in [6.07, 6.45) is 1.11. The number of rotatable bonds is 6. The maximum atomic E-state index is 5.59. The van der Waals surface area contributed by atoms with Gasteiger partial charge in [-0.2, -0.15) is 0 Å². The van der Waals surface area contributed by atoms with E-state index in [-0.39, 0.29) is 0 Å². The van der Waals surface area contributed by atoms with Crippen LogP contribution >= 0.6 is 0 Å². The van der Waals surface area contributed by atoms with E-state index in [9.17, 15) is 0 Å². The van der Waals surface area contributed by atoms with Crippen LogP contribution in [0.2, 0.25) is 0 Å². The zero-order chi connectivity index (χ0) is 11.1. The highest BCUT2D eigenvalue weighted by molar-refractivity contribution is 5.32. The van der Waals surface area contributed by atoms with Crippen molar-refractivity contribution in [2.45, 2.75) is 26.9 Å². The van der Waals surface area contributed by atoms with Crippen LogP contribution in [0.5, 0.6) is 5.75 Å². The molecule has 2 heteroatoms. The second-order valence-corrected chi connectivity index (χ2v) is 4.05. The molecule has 0 radical (unpaired) electrons. The normalized spacial score (nSPS) is 10.7. The zero-order valence-electron chi connectivity index (χ0n) is 9.82. The summed E-state index contributed by atoms with van der Waals surface area (Å²) < 4.78 is 10.8. The van der Waals surface area contributed by atoms with Gasteiger partial charge in [0.05, 0.1) is 13.7 Å². The summed E-state index contributed by atoms with van der Waals surface area (Å²) in [5, 5.41) is 0. The van der Waals surface area contributed by atoms with Crippen LogP contribution in [0.25, 0.3) is 0 Å². The van der Waals surface area contributed by atoms with Gasteiger partial charge in [-0.15, -0.1) is 0 Å². The number of benzene rings is 1. The Morgan fingerprint density at radius 1 is 1.20 bits per heavy atom. The third-order valence-electron chi connectivity index (χ3n) is 2.29. The Labute approximate surface area is 92.2 Å². The van der Waals surface area contributed by atoms with Crippen LogP contribution in [-0.2, 0) is 11.3 Å². The average Bonchev–Trinajstić information content (AvgIpc) is 2.24. The first-order chi connectivity index (χ1) is 7.24. The Morgan fingerprint density at radius 3 is 2.60 bits per heavy atom. The van der Waals surface area contributed by atoms with Gasteiger partial charge in [0.15, 0.2) is 0 Å². The van der Waals surface area contributed by atoms with Crippen molar-refractivity contribution in [1.82, 2.24) is 0 Å². The van der Waals surface area contributed by atoms with Crippen LogP contribution in [0.3, 0.4) is 0 Å². The van der Waals surface area contributed by atoms with Gasteiger partial charge in [-0.25, -0.2) is 0 Å². The molecule has 0 unspecified atom stereocenters. The highest BCUT2D eigenvalue weighted by Crippen LogP contribution is 2.18. The monoisotopic (exact) mass is 208 g/mol. The molecule has 0 aliphatic heterocycles. The molecule has 0 aliphatic rings. The van der Waals surface area contributed by atoms with E-state index in [4.69, 9.17) is 9.47 Å². The minimum Gasteiger partial charge on any atom is -0.496 e. The second kappa shape index (κ2) is 6.46. The zero-order valence-corrected chi connectivity index (χ0v) is 9.82. The van der Waals surface area contributed by atoms with Crippen LogP contribution in [0, 0.1) is 5.92 Å². The van der Waals surface area contributed by atoms with Gasteiger partial charge in [0, 0.05) is 12.2 Å². The summed E-state index contributed by atoms with van der Waals surface area (Å²) in [5.41, 5.74) is 1.11. The maximum absolute atomic E-state index is 5.59. The predicted octanol–water partition coefficient (Wildman–Crippen LogP) is 3.26. The average molecular weight is 208 g/mol. The Kier molecular flexibility index (Phi) is 5.19. The molecule has 15 heavy (non-hydrogen) atoms. The minimum atomic E-state index is 0.636. The lowest BCUT2D eigenvalue weighted by Crippen LogP contribution is -2.00. The maximum Gasteiger partial charge on any atom is 0.124 e. The van der Waals surface area contributed by atoms with Crippen LogP contribution in [0.15, 0.2) is 24.3 Å². The van der Waals surface area contributed by atoms with Crippen molar-refractivity contribution >= 4 is 0 Å². The Hall–Kier alpha value is -1.02. The second-order valence-electron chi connectivity index (χ2n) is 4.05. The lowest BCUT2D eigenvalue weighted by Gasteiger charge is -2.09. The Morgan fingerprint density at radius 2 is 1.93 bits per heavy atom. The van der Waals surface area contributed by atoms with Gasteiger partial charge >= 0.3 is 0 Å². The molecule has 1 rings (SSSR count). The molecular weight excluding hydrogens is 188 g/mol. The SMILES string of the molecule is COc1ccccc1COCCC(C)C. The van der Waals surface area contributed by atoms with Crippen molar-refractivity contribution in [3.8, 4) is 5.75 Å². The molecule has 0 fully saturated rings. The van der Waals surface area contributed by atoms with E-state index in [1.165, 1.54) is 0 Å². The molecule has 0 heterocycles. The van der Waals surface area contributed by atoms with Gasteiger partial charge in [-0.3, -0.25) is 0 Å². The van der Waals surface area contributed by atoms with E-state index in [0.717, 1.165) is 24.3 Å². The highest BCUT2D eigenvalue weighted by atomic mass is 16.5. The molecule has 1 aromatic rings. The fourth-order valence-corrected chi connectivity index (χ4v) is 1.32. The lowest BCUT2D eigenvalue weighted by molar-refractivity contribution is 0.109. The van der Waals surface area contributed by atoms with Crippen LogP contribution < -0.4 is 4.74 Å². The quantitative estimate of drug-likeness (QED) is 0.668. The first-order valence-electron chi connectivity index (χ1n) is 5.43. The third kappa shape index (κ3) is 4.34. The molecule has 0 spiro atoms. The van der Waals surface area contributed by atoms with E-state index in [1.54, 1.807) is 7.11 Å². The van der Waals surface area contributed by atoms with Gasteiger partial charge in [0.2, 0.25) is 0 Å². The van der Waals surface area contributed by atoms with Crippen LogP contribution in [-0.4, -0.2) is 13.7 Å². The minimum absolute atomic E-state index is 0.636. The van der Waals surface area contributed by atoms with Crippen LogP contribution in [0.4, 0.5) is 0 Å². The summed E-state index contributed by atoms with van der Waals surface area (Å²) in [4.78, 5) is 0. The number of para-hydroxylation sites is 1. The lowest BCUT2D eigenvalue weighted by atomic mass is 10.1. The van der Waals surface area contributed by atoms with Crippen molar-refractivity contribution in [3.63, 3.8) is 0 Å². The molecule has 2 nitrogen and oxygen atoms in total. The first kappa shape index (κ1) is 12.1. The molecule has 0 atom stereocenters. The van der Waals surface area contributed by atoms with Crippen molar-refractivity contribution < 1.29 is 9.47 Å². The summed E-state index contributed by atoms with van der Waals surface area (Å²) >= 11 is 0. The van der Waals surface area contributed by atoms with Crippen molar-refractivity contribution in [3.05, 3.63) is 29.8 Å². The van der Waals surface area contributed by atoms with Crippen molar-refractivity contribution in [2.24, 2.45) is 5.92 Å². The summed E-state index contributed by atoms with van der Waals surface area (Å²) in [5.74, 6) is 1.60. The molecule has 0 N–H and O–H groups in total. The predicted molar refractivity (Wildman–Crippen MR) is 62.1 cm³/mol. The van der Waals surface area contributed by atoms with Crippen molar-refractivity contribution in [1.29, 1.82) is 0 Å².